The number of fused-ring (bicyclic) bond motifs is 2. The molecular weight excluding hydrogens is 388 g/mol. The molecule has 7 aliphatic rings. The third-order valence-electron chi connectivity index (χ3n) is 9.75. The van der Waals surface area contributed by atoms with E-state index in [4.69, 9.17) is 15.5 Å². The van der Waals surface area contributed by atoms with Gasteiger partial charge < -0.3 is 20.7 Å². The Kier molecular flexibility index (Phi) is 2.70. The highest BCUT2D eigenvalue weighted by molar-refractivity contribution is 7.15. The number of thiazole rings is 1. The van der Waals surface area contributed by atoms with E-state index in [0.29, 0.717) is 17.7 Å². The summed E-state index contributed by atoms with van der Waals surface area (Å²) in [4.78, 5) is 19.6. The molecule has 8 rings (SSSR count). The highest BCUT2D eigenvalue weighted by atomic mass is 32.1. The molecule has 8 atom stereocenters. The van der Waals surface area contributed by atoms with Gasteiger partial charge in [0.1, 0.15) is 11.5 Å². The Hall–Kier alpha value is -1.28. The molecule has 5 fully saturated rings. The van der Waals surface area contributed by atoms with Crippen molar-refractivity contribution >= 4 is 22.3 Å². The maximum Gasteiger partial charge on any atom is 0.206 e. The molecule has 2 aliphatic heterocycles. The van der Waals surface area contributed by atoms with Crippen LogP contribution < -0.4 is 5.73 Å². The fourth-order valence-electron chi connectivity index (χ4n) is 9.06. The number of ether oxygens (including phenoxy) is 1. The fraction of sp³-hybridized carbons (Fsp3) is 0.727. The highest BCUT2D eigenvalue weighted by Gasteiger charge is 2.89. The minimum atomic E-state index is -1.81. The molecule has 7 heteroatoms. The van der Waals surface area contributed by atoms with Crippen molar-refractivity contribution in [2.45, 2.75) is 57.3 Å². The normalized spacial score (nSPS) is 52.7. The summed E-state index contributed by atoms with van der Waals surface area (Å²) in [6, 6.07) is 0. The molecule has 0 aromatic carbocycles. The van der Waals surface area contributed by atoms with Crippen LogP contribution in [-0.4, -0.2) is 39.5 Å². The largest absolute Gasteiger partial charge is 0.387 e. The number of hydrogen-bond acceptors (Lipinski definition) is 7. The summed E-state index contributed by atoms with van der Waals surface area (Å²) in [5, 5.41) is 24.1. The number of aliphatic hydroxyl groups excluding tert-OH is 1. The summed E-state index contributed by atoms with van der Waals surface area (Å²) in [5.74, 6) is -1.77. The summed E-state index contributed by atoms with van der Waals surface area (Å²) in [6.07, 6.45) is 1.51. The third kappa shape index (κ3) is 1.38. The van der Waals surface area contributed by atoms with Gasteiger partial charge in [0.15, 0.2) is 10.9 Å². The topological polar surface area (TPSA) is 106 Å². The molecule has 6 nitrogen and oxygen atoms in total. The third-order valence-corrected chi connectivity index (χ3v) is 10.6. The van der Waals surface area contributed by atoms with Crippen molar-refractivity contribution in [3.63, 3.8) is 0 Å². The summed E-state index contributed by atoms with van der Waals surface area (Å²) in [7, 11) is 0. The first-order valence-electron chi connectivity index (χ1n) is 10.7. The van der Waals surface area contributed by atoms with Crippen LogP contribution in [0.3, 0.4) is 0 Å². The van der Waals surface area contributed by atoms with Gasteiger partial charge in [-0.3, -0.25) is 4.79 Å². The molecule has 4 N–H and O–H groups in total. The lowest BCUT2D eigenvalue weighted by molar-refractivity contribution is -0.436. The molecule has 2 bridgehead atoms. The lowest BCUT2D eigenvalue weighted by Crippen LogP contribution is -2.90. The predicted molar refractivity (Wildman–Crippen MR) is 106 cm³/mol. The Morgan fingerprint density at radius 1 is 1.31 bits per heavy atom. The Balaban J connectivity index is 1.56. The maximum atomic E-state index is 13.6. The number of nitrogen functional groups attached to an aromatic ring is 1. The number of carbonyl (C=O) groups excluding carboxylic acids is 1. The fourth-order valence-corrected chi connectivity index (χ4v) is 10.2. The zero-order valence-electron chi connectivity index (χ0n) is 16.9. The van der Waals surface area contributed by atoms with Gasteiger partial charge in [0.25, 0.3) is 0 Å². The predicted octanol–water partition coefficient (Wildman–Crippen LogP) is 1.80. The van der Waals surface area contributed by atoms with Gasteiger partial charge in [-0.15, -0.1) is 11.3 Å². The van der Waals surface area contributed by atoms with Gasteiger partial charge in [-0.25, -0.2) is 4.98 Å². The first-order chi connectivity index (χ1) is 13.6. The smallest absolute Gasteiger partial charge is 0.206 e. The van der Waals surface area contributed by atoms with Crippen LogP contribution in [0.15, 0.2) is 11.1 Å². The first kappa shape index (κ1) is 17.4. The Morgan fingerprint density at radius 3 is 2.83 bits per heavy atom. The summed E-state index contributed by atoms with van der Waals surface area (Å²) >= 11 is 1.52. The van der Waals surface area contributed by atoms with Gasteiger partial charge in [-0.1, -0.05) is 19.4 Å². The molecule has 0 amide bonds. The van der Waals surface area contributed by atoms with E-state index in [1.807, 2.05) is 6.92 Å². The van der Waals surface area contributed by atoms with Crippen LogP contribution in [0, 0.1) is 34.5 Å². The van der Waals surface area contributed by atoms with E-state index in [-0.39, 0.29) is 29.0 Å². The lowest BCUT2D eigenvalue weighted by atomic mass is 9.26. The number of Topliss-reactive ketones (excluding diaryl/α,β-unsaturated/α-hetero) is 1. The molecule has 2 spiro atoms. The van der Waals surface area contributed by atoms with E-state index in [1.165, 1.54) is 16.9 Å². The molecule has 3 heterocycles. The average molecular weight is 415 g/mol. The number of hydrogen-bond donors (Lipinski definition) is 3. The van der Waals surface area contributed by atoms with E-state index < -0.39 is 22.7 Å². The number of aromatic nitrogens is 1. The minimum absolute atomic E-state index is 0.00755. The summed E-state index contributed by atoms with van der Waals surface area (Å²) < 4.78 is 6.15. The van der Waals surface area contributed by atoms with Crippen LogP contribution in [-0.2, 0) is 21.4 Å². The van der Waals surface area contributed by atoms with Crippen molar-refractivity contribution in [1.29, 1.82) is 0 Å². The van der Waals surface area contributed by atoms with Crippen LogP contribution in [0.4, 0.5) is 5.13 Å². The van der Waals surface area contributed by atoms with E-state index in [9.17, 15) is 15.0 Å². The second-order valence-corrected chi connectivity index (χ2v) is 12.1. The van der Waals surface area contributed by atoms with Crippen LogP contribution in [0.5, 0.6) is 0 Å². The molecule has 29 heavy (non-hydrogen) atoms. The van der Waals surface area contributed by atoms with E-state index in [0.717, 1.165) is 35.4 Å². The molecule has 0 radical (unpaired) electrons. The second kappa shape index (κ2) is 4.49. The number of nitrogens with two attached hydrogens (primary N) is 1. The van der Waals surface area contributed by atoms with Crippen LogP contribution in [0.2, 0.25) is 0 Å². The zero-order chi connectivity index (χ0) is 20.3. The number of aliphatic hydroxyl groups is 2. The van der Waals surface area contributed by atoms with Crippen LogP contribution >= 0.6 is 11.3 Å². The Bertz CT molecular complexity index is 1060. The molecule has 1 aromatic rings. The maximum absolute atomic E-state index is 13.6. The number of ketones is 1. The van der Waals surface area contributed by atoms with Crippen LogP contribution in [0.1, 0.15) is 44.2 Å². The number of allylic oxidation sites excluding steroid dienone is 2. The Morgan fingerprint density at radius 2 is 2.07 bits per heavy atom. The molecular formula is C22H26N2O4S. The zero-order valence-corrected chi connectivity index (χ0v) is 17.7. The number of rotatable bonds is 0. The molecule has 2 saturated heterocycles. The molecule has 154 valence electrons. The standard InChI is InChI=1S/C22H26N2O4S/c1-8-9-4-5-11-20-7-28-22(27,21(11)13(9)12(8)16(21)25)17(26)14(20)19(2,3)6-10-15(20)24-18(23)29-10/h9,11,13-14,17,26-27H,4-7H2,1-3H3,(H2,23,24). The molecule has 1 aromatic heterocycles. The quantitative estimate of drug-likeness (QED) is 0.598. The second-order valence-electron chi connectivity index (χ2n) is 10.9. The van der Waals surface area contributed by atoms with Crippen molar-refractivity contribution in [2.75, 3.05) is 12.3 Å². The molecule has 8 unspecified atom stereocenters. The van der Waals surface area contributed by atoms with E-state index in [2.05, 4.69) is 13.8 Å². The van der Waals surface area contributed by atoms with Crippen molar-refractivity contribution in [1.82, 2.24) is 4.98 Å². The average Bonchev–Trinajstić information content (AvgIpc) is 3.00. The monoisotopic (exact) mass is 414 g/mol. The Labute approximate surface area is 173 Å². The highest BCUT2D eigenvalue weighted by Crippen LogP contribution is 2.81. The van der Waals surface area contributed by atoms with Gasteiger partial charge in [0.05, 0.1) is 12.3 Å². The van der Waals surface area contributed by atoms with E-state index >= 15 is 0 Å². The van der Waals surface area contributed by atoms with Gasteiger partial charge in [-0.05, 0) is 43.4 Å². The van der Waals surface area contributed by atoms with Gasteiger partial charge >= 0.3 is 0 Å². The van der Waals surface area contributed by atoms with Crippen LogP contribution in [0.25, 0.3) is 0 Å². The van der Waals surface area contributed by atoms with Crippen molar-refractivity contribution in [3.8, 4) is 0 Å². The van der Waals surface area contributed by atoms with Crippen molar-refractivity contribution in [3.05, 3.63) is 21.7 Å². The van der Waals surface area contributed by atoms with Gasteiger partial charge in [0, 0.05) is 27.7 Å². The number of nitrogens with zero attached hydrogens (tertiary/aromatic N) is 1. The molecule has 5 aliphatic carbocycles. The van der Waals surface area contributed by atoms with Gasteiger partial charge in [-0.2, -0.15) is 0 Å². The first-order valence-corrected chi connectivity index (χ1v) is 11.5. The van der Waals surface area contributed by atoms with Gasteiger partial charge in [0.2, 0.25) is 5.79 Å². The summed E-state index contributed by atoms with van der Waals surface area (Å²) in [6.45, 7) is 6.66. The van der Waals surface area contributed by atoms with Crippen molar-refractivity contribution in [2.24, 2.45) is 34.5 Å². The van der Waals surface area contributed by atoms with E-state index in [1.54, 1.807) is 0 Å². The summed E-state index contributed by atoms with van der Waals surface area (Å²) in [5.41, 5.74) is 7.27. The minimum Gasteiger partial charge on any atom is -0.387 e. The van der Waals surface area contributed by atoms with Crippen molar-refractivity contribution < 1.29 is 19.7 Å². The lowest BCUT2D eigenvalue weighted by Gasteiger charge is -2.80. The SMILES string of the molecule is CC1=C2C(=O)C34C2C1CCC3C12COC4(O)C(O)C1C(C)(C)Cc1sc(N)nc12. The number of carbonyl (C=O) groups is 1. The molecule has 3 saturated carbocycles. The number of anilines is 1.